The van der Waals surface area contributed by atoms with Gasteiger partial charge in [0.15, 0.2) is 0 Å². The molecule has 4 nitrogen and oxygen atoms in total. The normalized spacial score (nSPS) is 11.5. The van der Waals surface area contributed by atoms with E-state index < -0.39 is 11.7 Å². The van der Waals surface area contributed by atoms with Crippen LogP contribution in [0.5, 0.6) is 0 Å². The van der Waals surface area contributed by atoms with Crippen molar-refractivity contribution in [2.45, 2.75) is 13.0 Å². The van der Waals surface area contributed by atoms with Gasteiger partial charge >= 0.3 is 0 Å². The van der Waals surface area contributed by atoms with Crippen LogP contribution in [-0.4, -0.2) is 18.4 Å². The van der Waals surface area contributed by atoms with E-state index in [2.05, 4.69) is 10.6 Å². The second-order valence-electron chi connectivity index (χ2n) is 4.89. The van der Waals surface area contributed by atoms with Crippen molar-refractivity contribution in [1.82, 2.24) is 10.6 Å². The Morgan fingerprint density at radius 3 is 2.50 bits per heavy atom. The predicted molar refractivity (Wildman–Crippen MR) is 81.7 cm³/mol. The van der Waals surface area contributed by atoms with Crippen LogP contribution in [0.2, 0.25) is 0 Å². The van der Waals surface area contributed by atoms with Crippen molar-refractivity contribution < 1.29 is 14.0 Å². The molecule has 0 bridgehead atoms. The maximum absolute atomic E-state index is 13.0. The number of hydrogen-bond donors (Lipinski definition) is 2. The molecule has 0 unspecified atom stereocenters. The van der Waals surface area contributed by atoms with E-state index in [1.54, 1.807) is 0 Å². The van der Waals surface area contributed by atoms with Gasteiger partial charge in [-0.3, -0.25) is 9.59 Å². The zero-order chi connectivity index (χ0) is 15.9. The lowest BCUT2D eigenvalue weighted by atomic mass is 10.1. The summed E-state index contributed by atoms with van der Waals surface area (Å²) >= 11 is 0. The molecule has 0 radical (unpaired) electrons. The molecule has 2 amide bonds. The lowest BCUT2D eigenvalue weighted by Crippen LogP contribution is -2.38. The standard InChI is InChI=1S/C17H17FN2O2/c1-12(13-6-3-2-4-7-13)20-16(21)11-19-17(22)14-8-5-9-15(18)10-14/h2-10,12H,11H2,1H3,(H,19,22)(H,20,21)/t12-/m1/s1. The van der Waals surface area contributed by atoms with Crippen molar-refractivity contribution >= 4 is 11.8 Å². The molecular formula is C17H17FN2O2. The third-order valence-corrected chi connectivity index (χ3v) is 3.17. The highest BCUT2D eigenvalue weighted by Crippen LogP contribution is 2.10. The van der Waals surface area contributed by atoms with Gasteiger partial charge in [-0.1, -0.05) is 36.4 Å². The second-order valence-corrected chi connectivity index (χ2v) is 4.89. The van der Waals surface area contributed by atoms with Gasteiger partial charge in [0, 0.05) is 5.56 Å². The summed E-state index contributed by atoms with van der Waals surface area (Å²) in [6.07, 6.45) is 0. The first-order valence-electron chi connectivity index (χ1n) is 6.94. The van der Waals surface area contributed by atoms with E-state index in [0.29, 0.717) is 0 Å². The van der Waals surface area contributed by atoms with Gasteiger partial charge in [-0.2, -0.15) is 0 Å². The molecule has 2 rings (SSSR count). The molecule has 0 spiro atoms. The highest BCUT2D eigenvalue weighted by atomic mass is 19.1. The van der Waals surface area contributed by atoms with E-state index >= 15 is 0 Å². The minimum atomic E-state index is -0.491. The van der Waals surface area contributed by atoms with Gasteiger partial charge in [0.05, 0.1) is 12.6 Å². The Morgan fingerprint density at radius 1 is 1.09 bits per heavy atom. The molecule has 22 heavy (non-hydrogen) atoms. The molecule has 0 aliphatic rings. The zero-order valence-electron chi connectivity index (χ0n) is 12.2. The van der Waals surface area contributed by atoms with Crippen molar-refractivity contribution in [3.8, 4) is 0 Å². The van der Waals surface area contributed by atoms with Gasteiger partial charge in [0.1, 0.15) is 5.82 Å². The molecule has 114 valence electrons. The smallest absolute Gasteiger partial charge is 0.251 e. The first kappa shape index (κ1) is 15.7. The zero-order valence-corrected chi connectivity index (χ0v) is 12.2. The number of carbonyl (C=O) groups excluding carboxylic acids is 2. The van der Waals surface area contributed by atoms with Crippen LogP contribution in [0.1, 0.15) is 28.9 Å². The van der Waals surface area contributed by atoms with E-state index in [-0.39, 0.29) is 24.1 Å². The molecule has 0 aliphatic carbocycles. The maximum atomic E-state index is 13.0. The number of nitrogens with one attached hydrogen (secondary N) is 2. The molecule has 0 saturated carbocycles. The quantitative estimate of drug-likeness (QED) is 0.891. The Bertz CT molecular complexity index is 659. The van der Waals surface area contributed by atoms with E-state index in [1.807, 2.05) is 37.3 Å². The Kier molecular flexibility index (Phi) is 5.25. The molecule has 2 aromatic carbocycles. The average Bonchev–Trinajstić information content (AvgIpc) is 2.53. The molecule has 0 aromatic heterocycles. The largest absolute Gasteiger partial charge is 0.348 e. The topological polar surface area (TPSA) is 58.2 Å². The Morgan fingerprint density at radius 2 is 1.82 bits per heavy atom. The lowest BCUT2D eigenvalue weighted by Gasteiger charge is -2.14. The molecule has 0 saturated heterocycles. The van der Waals surface area contributed by atoms with Crippen LogP contribution >= 0.6 is 0 Å². The van der Waals surface area contributed by atoms with Gasteiger partial charge < -0.3 is 10.6 Å². The van der Waals surface area contributed by atoms with E-state index in [1.165, 1.54) is 18.2 Å². The fourth-order valence-corrected chi connectivity index (χ4v) is 2.01. The van der Waals surface area contributed by atoms with Gasteiger partial charge in [-0.05, 0) is 30.7 Å². The van der Waals surface area contributed by atoms with Crippen LogP contribution in [0.3, 0.4) is 0 Å². The summed E-state index contributed by atoms with van der Waals surface area (Å²) in [7, 11) is 0. The molecule has 0 fully saturated rings. The molecular weight excluding hydrogens is 283 g/mol. The number of halogens is 1. The van der Waals surface area contributed by atoms with Crippen LogP contribution in [0.4, 0.5) is 4.39 Å². The van der Waals surface area contributed by atoms with Crippen LogP contribution in [0.15, 0.2) is 54.6 Å². The highest BCUT2D eigenvalue weighted by Gasteiger charge is 2.11. The molecule has 2 N–H and O–H groups in total. The molecule has 5 heteroatoms. The van der Waals surface area contributed by atoms with E-state index in [0.717, 1.165) is 11.6 Å². The fraction of sp³-hybridized carbons (Fsp3) is 0.176. The number of hydrogen-bond acceptors (Lipinski definition) is 2. The first-order valence-corrected chi connectivity index (χ1v) is 6.94. The van der Waals surface area contributed by atoms with E-state index in [4.69, 9.17) is 0 Å². The molecule has 1 atom stereocenters. The van der Waals surface area contributed by atoms with Crippen molar-refractivity contribution in [2.75, 3.05) is 6.54 Å². The van der Waals surface area contributed by atoms with Crippen molar-refractivity contribution in [3.05, 3.63) is 71.5 Å². The molecule has 0 aliphatic heterocycles. The second kappa shape index (κ2) is 7.36. The fourth-order valence-electron chi connectivity index (χ4n) is 2.01. The highest BCUT2D eigenvalue weighted by molar-refractivity contribution is 5.96. The summed E-state index contributed by atoms with van der Waals surface area (Å²) in [5.74, 6) is -1.28. The van der Waals surface area contributed by atoms with Gasteiger partial charge in [0.25, 0.3) is 5.91 Å². The Hall–Kier alpha value is -2.69. The minimum absolute atomic E-state index is 0.153. The third kappa shape index (κ3) is 4.41. The summed E-state index contributed by atoms with van der Waals surface area (Å²) in [4.78, 5) is 23.6. The first-order chi connectivity index (χ1) is 10.6. The summed E-state index contributed by atoms with van der Waals surface area (Å²) in [6, 6.07) is 14.7. The van der Waals surface area contributed by atoms with Crippen molar-refractivity contribution in [2.24, 2.45) is 0 Å². The van der Waals surface area contributed by atoms with Gasteiger partial charge in [0.2, 0.25) is 5.91 Å². The SMILES string of the molecule is C[C@@H](NC(=O)CNC(=O)c1cccc(F)c1)c1ccccc1. The average molecular weight is 300 g/mol. The Balaban J connectivity index is 1.84. The molecule has 0 heterocycles. The summed E-state index contributed by atoms with van der Waals surface area (Å²) in [6.45, 7) is 1.70. The number of rotatable bonds is 5. The van der Waals surface area contributed by atoms with Crippen molar-refractivity contribution in [1.29, 1.82) is 0 Å². The van der Waals surface area contributed by atoms with Crippen LogP contribution in [0, 0.1) is 5.82 Å². The number of carbonyl (C=O) groups is 2. The van der Waals surface area contributed by atoms with E-state index in [9.17, 15) is 14.0 Å². The van der Waals surface area contributed by atoms with Gasteiger partial charge in [-0.15, -0.1) is 0 Å². The molecule has 2 aromatic rings. The number of benzene rings is 2. The summed E-state index contributed by atoms with van der Waals surface area (Å²) in [5, 5.41) is 5.25. The van der Waals surface area contributed by atoms with Gasteiger partial charge in [-0.25, -0.2) is 4.39 Å². The number of amides is 2. The third-order valence-electron chi connectivity index (χ3n) is 3.17. The van der Waals surface area contributed by atoms with Crippen LogP contribution in [-0.2, 0) is 4.79 Å². The van der Waals surface area contributed by atoms with Crippen LogP contribution < -0.4 is 10.6 Å². The Labute approximate surface area is 128 Å². The predicted octanol–water partition coefficient (Wildman–Crippen LogP) is 2.43. The summed E-state index contributed by atoms with van der Waals surface area (Å²) < 4.78 is 13.0. The monoisotopic (exact) mass is 300 g/mol. The summed E-state index contributed by atoms with van der Waals surface area (Å²) in [5.41, 5.74) is 1.16. The van der Waals surface area contributed by atoms with Crippen LogP contribution in [0.25, 0.3) is 0 Å². The maximum Gasteiger partial charge on any atom is 0.251 e. The minimum Gasteiger partial charge on any atom is -0.348 e. The lowest BCUT2D eigenvalue weighted by molar-refractivity contribution is -0.120. The van der Waals surface area contributed by atoms with Crippen molar-refractivity contribution in [3.63, 3.8) is 0 Å².